The molecule has 0 aromatic heterocycles. The van der Waals surface area contributed by atoms with Crippen molar-refractivity contribution in [1.29, 1.82) is 0 Å². The van der Waals surface area contributed by atoms with E-state index in [4.69, 9.17) is 9.47 Å². The normalized spacial score (nSPS) is 21.9. The molecule has 0 amide bonds. The Hall–Kier alpha value is -3.08. The first kappa shape index (κ1) is 22.1. The van der Waals surface area contributed by atoms with Crippen molar-refractivity contribution in [1.82, 2.24) is 0 Å². The number of fused-ring (bicyclic) bond motifs is 4. The highest BCUT2D eigenvalue weighted by Crippen LogP contribution is 2.52. The van der Waals surface area contributed by atoms with Gasteiger partial charge in [-0.3, -0.25) is 0 Å². The van der Waals surface area contributed by atoms with E-state index in [0.29, 0.717) is 10.5 Å². The molecule has 4 heteroatoms. The predicted octanol–water partition coefficient (Wildman–Crippen LogP) is 8.54. The number of para-hydroxylation sites is 4. The van der Waals surface area contributed by atoms with Crippen LogP contribution < -0.4 is 9.47 Å². The molecule has 0 bridgehead atoms. The number of hydrogen-bond donors (Lipinski definition) is 0. The standard InChI is InChI=1S/C32H28O2S2/c1-2-4-22-32(36-29-19-11-7-15-25(29)34-26-16-8-12-20-30(26)36)31(21-3-1)35-27-17-9-5-13-23(27)33-24-14-6-10-18-28(24)35/h1-2,5-20,31-32H,3-4,21-22H2/q+2/b2-1-/t31-,32-/m1/s1. The molecule has 0 saturated heterocycles. The zero-order valence-corrected chi connectivity index (χ0v) is 21.6. The second-order valence-corrected chi connectivity index (χ2v) is 13.7. The van der Waals surface area contributed by atoms with Gasteiger partial charge < -0.3 is 9.47 Å². The fourth-order valence-corrected chi connectivity index (χ4v) is 11.9. The molecule has 7 rings (SSSR count). The Balaban J connectivity index is 1.43. The van der Waals surface area contributed by atoms with Crippen molar-refractivity contribution in [2.45, 2.75) is 55.8 Å². The molecule has 0 fully saturated rings. The Morgan fingerprint density at radius 3 is 1.08 bits per heavy atom. The molecular formula is C32H28O2S2+2. The van der Waals surface area contributed by atoms with Crippen LogP contribution in [-0.2, 0) is 21.8 Å². The molecule has 178 valence electrons. The maximum Gasteiger partial charge on any atom is 0.203 e. The molecule has 2 atom stereocenters. The van der Waals surface area contributed by atoms with Gasteiger partial charge in [0.2, 0.25) is 19.6 Å². The molecule has 0 unspecified atom stereocenters. The van der Waals surface area contributed by atoms with Crippen LogP contribution in [-0.4, -0.2) is 10.5 Å². The van der Waals surface area contributed by atoms with Crippen LogP contribution >= 0.6 is 0 Å². The van der Waals surface area contributed by atoms with Crippen molar-refractivity contribution in [3.63, 3.8) is 0 Å². The third kappa shape index (κ3) is 3.75. The van der Waals surface area contributed by atoms with Crippen molar-refractivity contribution >= 4 is 21.8 Å². The van der Waals surface area contributed by atoms with Crippen LogP contribution in [0.5, 0.6) is 23.0 Å². The SMILES string of the molecule is C1=C\CC[C@@H]([S+]2c3ccccc3Oc3ccccc32)[C@H]([S+]2c3ccccc3Oc3ccccc32)CC/1. The van der Waals surface area contributed by atoms with Crippen LogP contribution in [0.15, 0.2) is 129 Å². The highest BCUT2D eigenvalue weighted by molar-refractivity contribution is 8.01. The van der Waals surface area contributed by atoms with Gasteiger partial charge in [0.15, 0.2) is 33.5 Å². The highest BCUT2D eigenvalue weighted by atomic mass is 32.2. The van der Waals surface area contributed by atoms with Crippen molar-refractivity contribution in [2.75, 3.05) is 0 Å². The van der Waals surface area contributed by atoms with Crippen LogP contribution in [0.4, 0.5) is 0 Å². The topological polar surface area (TPSA) is 18.5 Å². The first-order valence-corrected chi connectivity index (χ1v) is 15.3. The summed E-state index contributed by atoms with van der Waals surface area (Å²) in [6.07, 6.45) is 9.38. The van der Waals surface area contributed by atoms with Crippen LogP contribution in [0.25, 0.3) is 0 Å². The molecule has 4 aromatic carbocycles. The first-order chi connectivity index (χ1) is 17.9. The Morgan fingerprint density at radius 1 is 0.444 bits per heavy atom. The van der Waals surface area contributed by atoms with Gasteiger partial charge in [-0.1, -0.05) is 60.7 Å². The fraction of sp³-hybridized carbons (Fsp3) is 0.188. The van der Waals surface area contributed by atoms with Gasteiger partial charge in [-0.15, -0.1) is 0 Å². The predicted molar refractivity (Wildman–Crippen MR) is 149 cm³/mol. The maximum atomic E-state index is 6.42. The van der Waals surface area contributed by atoms with E-state index >= 15 is 0 Å². The lowest BCUT2D eigenvalue weighted by atomic mass is 10.1. The Bertz CT molecular complexity index is 1250. The van der Waals surface area contributed by atoms with Crippen molar-refractivity contribution in [3.8, 4) is 23.0 Å². The van der Waals surface area contributed by atoms with Crippen LogP contribution in [0.1, 0.15) is 25.7 Å². The molecule has 0 radical (unpaired) electrons. The number of rotatable bonds is 2. The number of benzene rings is 4. The number of ether oxygens (including phenoxy) is 2. The van der Waals surface area contributed by atoms with Crippen molar-refractivity contribution in [3.05, 3.63) is 109 Å². The second kappa shape index (κ2) is 9.42. The molecule has 3 aliphatic rings. The lowest BCUT2D eigenvalue weighted by Gasteiger charge is -2.32. The van der Waals surface area contributed by atoms with E-state index < -0.39 is 0 Å². The molecule has 4 aromatic rings. The summed E-state index contributed by atoms with van der Waals surface area (Å²) in [5.41, 5.74) is 0. The molecule has 2 aliphatic heterocycles. The molecule has 36 heavy (non-hydrogen) atoms. The van der Waals surface area contributed by atoms with Crippen molar-refractivity contribution < 1.29 is 9.47 Å². The average Bonchev–Trinajstić information content (AvgIpc) is 2.91. The quantitative estimate of drug-likeness (QED) is 0.199. The Labute approximate surface area is 218 Å². The lowest BCUT2D eigenvalue weighted by Crippen LogP contribution is -2.42. The van der Waals surface area contributed by atoms with Gasteiger partial charge in [0.1, 0.15) is 0 Å². The van der Waals surface area contributed by atoms with E-state index in [9.17, 15) is 0 Å². The third-order valence-electron chi connectivity index (χ3n) is 7.21. The summed E-state index contributed by atoms with van der Waals surface area (Å²) in [6.45, 7) is 0. The molecule has 0 saturated carbocycles. The maximum absolute atomic E-state index is 6.42. The van der Waals surface area contributed by atoms with E-state index in [1.54, 1.807) is 0 Å². The summed E-state index contributed by atoms with van der Waals surface area (Å²) in [6, 6.07) is 34.9. The third-order valence-corrected chi connectivity index (χ3v) is 13.0. The van der Waals surface area contributed by atoms with E-state index in [1.807, 2.05) is 0 Å². The Kier molecular flexibility index (Phi) is 5.79. The number of allylic oxidation sites excluding steroid dienone is 2. The minimum Gasteiger partial charge on any atom is -0.447 e. The largest absolute Gasteiger partial charge is 0.447 e. The summed E-state index contributed by atoms with van der Waals surface area (Å²) in [7, 11) is -0.156. The van der Waals surface area contributed by atoms with E-state index in [1.165, 1.54) is 32.4 Å². The minimum atomic E-state index is -0.0779. The zero-order valence-electron chi connectivity index (χ0n) is 20.0. The Morgan fingerprint density at radius 2 is 0.750 bits per heavy atom. The van der Waals surface area contributed by atoms with Gasteiger partial charge in [0.25, 0.3) is 0 Å². The molecule has 0 spiro atoms. The molecular weight excluding hydrogens is 480 g/mol. The summed E-state index contributed by atoms with van der Waals surface area (Å²) in [5.74, 6) is 4.08. The van der Waals surface area contributed by atoms with Gasteiger partial charge in [-0.2, -0.15) is 0 Å². The minimum absolute atomic E-state index is 0.0779. The highest BCUT2D eigenvalue weighted by Gasteiger charge is 2.55. The smallest absolute Gasteiger partial charge is 0.203 e. The van der Waals surface area contributed by atoms with E-state index in [-0.39, 0.29) is 21.8 Å². The average molecular weight is 509 g/mol. The molecule has 1 aliphatic carbocycles. The van der Waals surface area contributed by atoms with Crippen molar-refractivity contribution in [2.24, 2.45) is 0 Å². The van der Waals surface area contributed by atoms with E-state index in [2.05, 4.69) is 109 Å². The summed E-state index contributed by atoms with van der Waals surface area (Å²) >= 11 is 0. The van der Waals surface area contributed by atoms with E-state index in [0.717, 1.165) is 35.8 Å². The van der Waals surface area contributed by atoms with Crippen LogP contribution in [0.2, 0.25) is 0 Å². The number of hydrogen-bond acceptors (Lipinski definition) is 2. The van der Waals surface area contributed by atoms with Gasteiger partial charge in [0, 0.05) is 12.8 Å². The zero-order chi connectivity index (χ0) is 23.9. The lowest BCUT2D eigenvalue weighted by molar-refractivity contribution is 0.449. The van der Waals surface area contributed by atoms with Gasteiger partial charge in [-0.25, -0.2) is 0 Å². The molecule has 2 nitrogen and oxygen atoms in total. The van der Waals surface area contributed by atoms with Gasteiger partial charge in [-0.05, 0) is 61.4 Å². The van der Waals surface area contributed by atoms with Gasteiger partial charge >= 0.3 is 0 Å². The fourth-order valence-electron chi connectivity index (χ4n) is 5.66. The van der Waals surface area contributed by atoms with Crippen LogP contribution in [0.3, 0.4) is 0 Å². The molecule has 0 N–H and O–H groups in total. The van der Waals surface area contributed by atoms with Crippen LogP contribution in [0, 0.1) is 0 Å². The second-order valence-electron chi connectivity index (χ2n) is 9.37. The molecule has 2 heterocycles. The first-order valence-electron chi connectivity index (χ1n) is 12.7. The monoisotopic (exact) mass is 508 g/mol. The van der Waals surface area contributed by atoms with Gasteiger partial charge in [0.05, 0.1) is 21.8 Å². The summed E-state index contributed by atoms with van der Waals surface area (Å²) < 4.78 is 12.8. The summed E-state index contributed by atoms with van der Waals surface area (Å²) in [4.78, 5) is 5.42. The summed E-state index contributed by atoms with van der Waals surface area (Å²) in [5, 5.41) is 1.01.